The Morgan fingerprint density at radius 2 is 2.29 bits per heavy atom. The van der Waals surface area contributed by atoms with Crippen LogP contribution in [0.1, 0.15) is 13.8 Å². The molecule has 0 fully saturated rings. The number of hydrogen-bond donors (Lipinski definition) is 0. The number of thioether (sulfide) groups is 1. The van der Waals surface area contributed by atoms with Gasteiger partial charge in [-0.2, -0.15) is 11.8 Å². The third kappa shape index (κ3) is 4.26. The Hall–Kier alpha value is 0.415. The zero-order chi connectivity index (χ0) is 5.70. The summed E-state index contributed by atoms with van der Waals surface area (Å²) < 4.78 is 0. The van der Waals surface area contributed by atoms with Crippen molar-refractivity contribution in [3.05, 3.63) is 0 Å². The molecule has 1 unspecified atom stereocenters. The lowest BCUT2D eigenvalue weighted by molar-refractivity contribution is 1.36. The van der Waals surface area contributed by atoms with Crippen molar-refractivity contribution in [2.45, 2.75) is 25.8 Å². The molecule has 7 heavy (non-hydrogen) atoms. The van der Waals surface area contributed by atoms with Gasteiger partial charge in [0.15, 0.2) is 0 Å². The van der Waals surface area contributed by atoms with Crippen LogP contribution in [0, 0.1) is 0 Å². The van der Waals surface area contributed by atoms with Gasteiger partial charge in [0, 0.05) is 0 Å². The lowest BCUT2D eigenvalue weighted by Gasteiger charge is -2.01. The molecule has 0 rings (SSSR count). The van der Waals surface area contributed by atoms with Crippen molar-refractivity contribution >= 4 is 19.0 Å². The smallest absolute Gasteiger partial charge is 0.123 e. The van der Waals surface area contributed by atoms with Crippen molar-refractivity contribution in [2.75, 3.05) is 5.75 Å². The van der Waals surface area contributed by atoms with Crippen LogP contribution in [0.25, 0.3) is 0 Å². The topological polar surface area (TPSA) is 0 Å². The third-order valence-corrected chi connectivity index (χ3v) is 2.03. The van der Waals surface area contributed by atoms with Crippen LogP contribution in [-0.2, 0) is 0 Å². The van der Waals surface area contributed by atoms with Crippen LogP contribution in [0.2, 0.25) is 6.82 Å². The predicted molar refractivity (Wildman–Crippen MR) is 39.2 cm³/mol. The largest absolute Gasteiger partial charge is 0.168 e. The maximum Gasteiger partial charge on any atom is 0.123 e. The molecule has 0 saturated carbocycles. The fourth-order valence-corrected chi connectivity index (χ4v) is 1.08. The molecular weight excluding hydrogens is 103 g/mol. The van der Waals surface area contributed by atoms with E-state index < -0.39 is 0 Å². The summed E-state index contributed by atoms with van der Waals surface area (Å²) in [7, 11) is 2.22. The van der Waals surface area contributed by atoms with Gasteiger partial charge in [-0.05, 0) is 10.9 Å². The SMILES string of the molecule is C[B]C(C)SCC. The molecule has 0 heterocycles. The first-order chi connectivity index (χ1) is 3.31. The van der Waals surface area contributed by atoms with Crippen molar-refractivity contribution in [1.82, 2.24) is 0 Å². The third-order valence-electron chi connectivity index (χ3n) is 0.899. The summed E-state index contributed by atoms with van der Waals surface area (Å²) in [5.41, 5.74) is 0. The van der Waals surface area contributed by atoms with Crippen LogP contribution >= 0.6 is 11.8 Å². The molecule has 0 spiro atoms. The Morgan fingerprint density at radius 3 is 2.43 bits per heavy atom. The molecule has 41 valence electrons. The Kier molecular flexibility index (Phi) is 4.84. The molecule has 0 aliphatic carbocycles. The summed E-state index contributed by atoms with van der Waals surface area (Å²) in [6.07, 6.45) is 0. The van der Waals surface area contributed by atoms with Crippen LogP contribution < -0.4 is 0 Å². The summed E-state index contributed by atoms with van der Waals surface area (Å²) >= 11 is 1.98. The van der Waals surface area contributed by atoms with E-state index in [9.17, 15) is 0 Å². The van der Waals surface area contributed by atoms with Crippen molar-refractivity contribution in [3.63, 3.8) is 0 Å². The van der Waals surface area contributed by atoms with Crippen LogP contribution in [0.4, 0.5) is 0 Å². The Morgan fingerprint density at radius 1 is 1.71 bits per heavy atom. The lowest BCUT2D eigenvalue weighted by atomic mass is 9.79. The van der Waals surface area contributed by atoms with E-state index in [1.165, 1.54) is 5.75 Å². The van der Waals surface area contributed by atoms with Gasteiger partial charge < -0.3 is 0 Å². The molecule has 0 N–H and O–H groups in total. The first-order valence-corrected chi connectivity index (χ1v) is 3.77. The highest BCUT2D eigenvalue weighted by atomic mass is 32.2. The zero-order valence-electron chi connectivity index (χ0n) is 5.27. The Balaban J connectivity index is 2.83. The molecule has 0 amide bonds. The van der Waals surface area contributed by atoms with Gasteiger partial charge in [-0.3, -0.25) is 0 Å². The second-order valence-corrected chi connectivity index (χ2v) is 3.15. The minimum Gasteiger partial charge on any atom is -0.168 e. The van der Waals surface area contributed by atoms with Crippen LogP contribution in [0.3, 0.4) is 0 Å². The van der Waals surface area contributed by atoms with Crippen molar-refractivity contribution in [1.29, 1.82) is 0 Å². The molecule has 2 heteroatoms. The highest BCUT2D eigenvalue weighted by molar-refractivity contribution is 8.01. The molecular formula is C5H12BS. The van der Waals surface area contributed by atoms with E-state index in [-0.39, 0.29) is 0 Å². The van der Waals surface area contributed by atoms with E-state index in [1.807, 2.05) is 11.8 Å². The standard InChI is InChI=1S/C5H12BS/c1-4-7-5(2)6-3/h5H,4H2,1-3H3. The van der Waals surface area contributed by atoms with Crippen molar-refractivity contribution < 1.29 is 0 Å². The lowest BCUT2D eigenvalue weighted by Crippen LogP contribution is -2.02. The number of hydrogen-bond acceptors (Lipinski definition) is 1. The molecule has 1 radical (unpaired) electrons. The molecule has 1 atom stereocenters. The molecule has 0 aromatic heterocycles. The summed E-state index contributed by atoms with van der Waals surface area (Å²) in [5.74, 6) is 1.23. The maximum absolute atomic E-state index is 2.22. The van der Waals surface area contributed by atoms with Gasteiger partial charge in [-0.15, -0.1) is 0 Å². The average molecular weight is 115 g/mol. The maximum atomic E-state index is 2.22. The molecule has 0 nitrogen and oxygen atoms in total. The van der Waals surface area contributed by atoms with Gasteiger partial charge in [-0.1, -0.05) is 20.7 Å². The monoisotopic (exact) mass is 115 g/mol. The van der Waals surface area contributed by atoms with Gasteiger partial charge in [0.2, 0.25) is 0 Å². The molecule has 0 aliphatic heterocycles. The van der Waals surface area contributed by atoms with E-state index in [2.05, 4.69) is 28.0 Å². The minimum atomic E-state index is 0.741. The molecule has 0 aliphatic rings. The molecule has 0 bridgehead atoms. The van der Waals surface area contributed by atoms with Crippen LogP contribution in [0.15, 0.2) is 0 Å². The first-order valence-electron chi connectivity index (χ1n) is 2.72. The summed E-state index contributed by atoms with van der Waals surface area (Å²) in [5, 5.41) is 0.741. The van der Waals surface area contributed by atoms with Gasteiger partial charge in [0.05, 0.1) is 0 Å². The van der Waals surface area contributed by atoms with Gasteiger partial charge >= 0.3 is 0 Å². The van der Waals surface area contributed by atoms with Gasteiger partial charge in [-0.25, -0.2) is 0 Å². The summed E-state index contributed by atoms with van der Waals surface area (Å²) in [6.45, 7) is 6.51. The Labute approximate surface area is 51.3 Å². The molecule has 0 aromatic rings. The van der Waals surface area contributed by atoms with Gasteiger partial charge in [0.25, 0.3) is 0 Å². The van der Waals surface area contributed by atoms with E-state index >= 15 is 0 Å². The molecule has 0 saturated heterocycles. The summed E-state index contributed by atoms with van der Waals surface area (Å²) in [6, 6.07) is 0. The highest BCUT2D eigenvalue weighted by Crippen LogP contribution is 2.06. The van der Waals surface area contributed by atoms with Crippen LogP contribution in [-0.4, -0.2) is 18.2 Å². The normalized spacial score (nSPS) is 13.6. The number of rotatable bonds is 3. The van der Waals surface area contributed by atoms with E-state index in [0.29, 0.717) is 0 Å². The van der Waals surface area contributed by atoms with Crippen molar-refractivity contribution in [2.24, 2.45) is 0 Å². The average Bonchev–Trinajstić information content (AvgIpc) is 1.68. The van der Waals surface area contributed by atoms with Gasteiger partial charge in [0.1, 0.15) is 7.28 Å². The first kappa shape index (κ1) is 7.41. The van der Waals surface area contributed by atoms with Crippen molar-refractivity contribution in [3.8, 4) is 0 Å². The zero-order valence-corrected chi connectivity index (χ0v) is 6.09. The fraction of sp³-hybridized carbons (Fsp3) is 1.00. The summed E-state index contributed by atoms with van der Waals surface area (Å²) in [4.78, 5) is 0. The van der Waals surface area contributed by atoms with E-state index in [0.717, 1.165) is 5.15 Å². The fourth-order valence-electron chi connectivity index (χ4n) is 0.359. The van der Waals surface area contributed by atoms with E-state index in [4.69, 9.17) is 0 Å². The predicted octanol–water partition coefficient (Wildman–Crippen LogP) is 1.84. The second kappa shape index (κ2) is 4.57. The molecule has 0 aromatic carbocycles. The van der Waals surface area contributed by atoms with Crippen LogP contribution in [0.5, 0.6) is 0 Å². The minimum absolute atomic E-state index is 0.741. The highest BCUT2D eigenvalue weighted by Gasteiger charge is 1.94. The van der Waals surface area contributed by atoms with E-state index in [1.54, 1.807) is 0 Å². The second-order valence-electron chi connectivity index (χ2n) is 1.49. The Bertz CT molecular complexity index is 39.1. The quantitative estimate of drug-likeness (QED) is 0.505.